The van der Waals surface area contributed by atoms with Crippen molar-refractivity contribution in [3.63, 3.8) is 0 Å². The molecule has 16 heavy (non-hydrogen) atoms. The molecule has 0 saturated carbocycles. The standard InChI is InChI=1S/C12H12ClFO2/c13-12(15)7-4-10-2-5-11(6-3-10)16-9-1-8-14/h2-7H,1,8-9H2/b7-4+. The summed E-state index contributed by atoms with van der Waals surface area (Å²) in [5.41, 5.74) is 0.854. The van der Waals surface area contributed by atoms with Crippen LogP contribution in [-0.2, 0) is 4.79 Å². The van der Waals surface area contributed by atoms with Gasteiger partial charge in [0.15, 0.2) is 0 Å². The Morgan fingerprint density at radius 2 is 2.06 bits per heavy atom. The van der Waals surface area contributed by atoms with E-state index < -0.39 is 5.24 Å². The van der Waals surface area contributed by atoms with Crippen LogP contribution in [0.4, 0.5) is 4.39 Å². The van der Waals surface area contributed by atoms with Gasteiger partial charge in [0.1, 0.15) is 5.75 Å². The number of ether oxygens (including phenoxy) is 1. The monoisotopic (exact) mass is 242 g/mol. The van der Waals surface area contributed by atoms with Crippen LogP contribution in [0.3, 0.4) is 0 Å². The predicted octanol–water partition coefficient (Wildman–Crippen LogP) is 3.20. The fourth-order valence-corrected chi connectivity index (χ4v) is 1.14. The first-order chi connectivity index (χ1) is 7.72. The first-order valence-corrected chi connectivity index (χ1v) is 5.26. The highest BCUT2D eigenvalue weighted by Crippen LogP contribution is 2.13. The van der Waals surface area contributed by atoms with Gasteiger partial charge in [-0.15, -0.1) is 0 Å². The van der Waals surface area contributed by atoms with E-state index in [0.717, 1.165) is 5.56 Å². The van der Waals surface area contributed by atoms with Crippen LogP contribution in [0.15, 0.2) is 30.3 Å². The van der Waals surface area contributed by atoms with E-state index in [0.29, 0.717) is 18.8 Å². The average molecular weight is 243 g/mol. The Hall–Kier alpha value is -1.35. The van der Waals surface area contributed by atoms with Crippen molar-refractivity contribution in [3.8, 4) is 5.75 Å². The molecule has 1 aromatic carbocycles. The summed E-state index contributed by atoms with van der Waals surface area (Å²) in [5.74, 6) is 0.683. The van der Waals surface area contributed by atoms with Crippen LogP contribution in [-0.4, -0.2) is 18.5 Å². The molecule has 86 valence electrons. The van der Waals surface area contributed by atoms with E-state index in [-0.39, 0.29) is 6.67 Å². The normalized spacial score (nSPS) is 10.6. The van der Waals surface area contributed by atoms with Crippen molar-refractivity contribution in [2.75, 3.05) is 13.3 Å². The molecule has 0 radical (unpaired) electrons. The SMILES string of the molecule is O=C(Cl)/C=C/c1ccc(OCCCF)cc1. The molecular weight excluding hydrogens is 231 g/mol. The average Bonchev–Trinajstić information content (AvgIpc) is 2.28. The predicted molar refractivity (Wildman–Crippen MR) is 62.4 cm³/mol. The van der Waals surface area contributed by atoms with Crippen molar-refractivity contribution >= 4 is 22.9 Å². The van der Waals surface area contributed by atoms with Crippen molar-refractivity contribution in [1.82, 2.24) is 0 Å². The van der Waals surface area contributed by atoms with E-state index >= 15 is 0 Å². The Morgan fingerprint density at radius 3 is 2.62 bits per heavy atom. The molecule has 0 fully saturated rings. The van der Waals surface area contributed by atoms with Gasteiger partial charge < -0.3 is 4.74 Å². The molecule has 0 amide bonds. The molecule has 1 aromatic rings. The smallest absolute Gasteiger partial charge is 0.245 e. The van der Waals surface area contributed by atoms with Gasteiger partial charge in [-0.25, -0.2) is 0 Å². The minimum Gasteiger partial charge on any atom is -0.493 e. The molecule has 0 spiro atoms. The zero-order chi connectivity index (χ0) is 11.8. The highest BCUT2D eigenvalue weighted by Gasteiger charge is 1.94. The molecule has 0 unspecified atom stereocenters. The number of allylic oxidation sites excluding steroid dienone is 1. The molecule has 0 heterocycles. The highest BCUT2D eigenvalue weighted by molar-refractivity contribution is 6.66. The van der Waals surface area contributed by atoms with Gasteiger partial charge >= 0.3 is 0 Å². The van der Waals surface area contributed by atoms with E-state index in [1.807, 2.05) is 0 Å². The van der Waals surface area contributed by atoms with Gasteiger partial charge in [0.2, 0.25) is 5.24 Å². The second kappa shape index (κ2) is 7.01. The van der Waals surface area contributed by atoms with Crippen LogP contribution in [0, 0.1) is 0 Å². The van der Waals surface area contributed by atoms with Gasteiger partial charge in [-0.3, -0.25) is 9.18 Å². The summed E-state index contributed by atoms with van der Waals surface area (Å²) in [6, 6.07) is 7.11. The van der Waals surface area contributed by atoms with E-state index in [4.69, 9.17) is 16.3 Å². The number of hydrogen-bond acceptors (Lipinski definition) is 2. The Balaban J connectivity index is 2.51. The second-order valence-electron chi connectivity index (χ2n) is 3.10. The summed E-state index contributed by atoms with van der Waals surface area (Å²) in [5, 5.41) is -0.511. The van der Waals surface area contributed by atoms with Gasteiger partial charge in [-0.05, 0) is 35.4 Å². The molecule has 0 aliphatic heterocycles. The van der Waals surface area contributed by atoms with Crippen LogP contribution in [0.25, 0.3) is 6.08 Å². The first kappa shape index (κ1) is 12.7. The van der Waals surface area contributed by atoms with Gasteiger partial charge in [0.05, 0.1) is 13.3 Å². The molecule has 0 aromatic heterocycles. The molecular formula is C12H12ClFO2. The first-order valence-electron chi connectivity index (χ1n) is 4.89. The molecule has 0 atom stereocenters. The fraction of sp³-hybridized carbons (Fsp3) is 0.250. The van der Waals surface area contributed by atoms with Gasteiger partial charge in [0.25, 0.3) is 0 Å². The molecule has 0 saturated heterocycles. The summed E-state index contributed by atoms with van der Waals surface area (Å²) in [6.45, 7) is -0.00942. The fourth-order valence-electron chi connectivity index (χ4n) is 1.08. The molecule has 0 aliphatic carbocycles. The minimum atomic E-state index is -0.511. The van der Waals surface area contributed by atoms with Crippen molar-refractivity contribution in [1.29, 1.82) is 0 Å². The third kappa shape index (κ3) is 4.94. The van der Waals surface area contributed by atoms with Crippen molar-refractivity contribution in [3.05, 3.63) is 35.9 Å². The number of halogens is 2. The molecule has 4 heteroatoms. The molecule has 0 aliphatic rings. The summed E-state index contributed by atoms with van der Waals surface area (Å²) in [7, 11) is 0. The third-order valence-corrected chi connectivity index (χ3v) is 1.96. The number of alkyl halides is 1. The van der Waals surface area contributed by atoms with Crippen molar-refractivity contribution in [2.24, 2.45) is 0 Å². The molecule has 2 nitrogen and oxygen atoms in total. The zero-order valence-electron chi connectivity index (χ0n) is 8.66. The van der Waals surface area contributed by atoms with E-state index in [1.54, 1.807) is 30.3 Å². The molecule has 0 N–H and O–H groups in total. The van der Waals surface area contributed by atoms with Gasteiger partial charge in [-0.2, -0.15) is 0 Å². The summed E-state index contributed by atoms with van der Waals surface area (Å²) in [4.78, 5) is 10.5. The van der Waals surface area contributed by atoms with Crippen LogP contribution >= 0.6 is 11.6 Å². The summed E-state index contributed by atoms with van der Waals surface area (Å²) >= 11 is 5.16. The lowest BCUT2D eigenvalue weighted by Gasteiger charge is -2.04. The second-order valence-corrected chi connectivity index (χ2v) is 3.47. The topological polar surface area (TPSA) is 26.3 Å². The van der Waals surface area contributed by atoms with Crippen LogP contribution in [0.2, 0.25) is 0 Å². The van der Waals surface area contributed by atoms with Crippen molar-refractivity contribution in [2.45, 2.75) is 6.42 Å². The number of benzene rings is 1. The Morgan fingerprint density at radius 1 is 1.38 bits per heavy atom. The van der Waals surface area contributed by atoms with E-state index in [1.165, 1.54) is 6.08 Å². The van der Waals surface area contributed by atoms with Crippen molar-refractivity contribution < 1.29 is 13.9 Å². The Labute approximate surface area is 98.7 Å². The minimum absolute atomic E-state index is 0.367. The Kier molecular flexibility index (Phi) is 5.57. The zero-order valence-corrected chi connectivity index (χ0v) is 9.41. The van der Waals surface area contributed by atoms with E-state index in [2.05, 4.69) is 0 Å². The van der Waals surface area contributed by atoms with Gasteiger partial charge in [-0.1, -0.05) is 18.2 Å². The molecule has 1 rings (SSSR count). The lowest BCUT2D eigenvalue weighted by molar-refractivity contribution is -0.107. The maximum atomic E-state index is 11.8. The van der Waals surface area contributed by atoms with Crippen LogP contribution < -0.4 is 4.74 Å². The number of carbonyl (C=O) groups excluding carboxylic acids is 1. The lowest BCUT2D eigenvalue weighted by atomic mass is 10.2. The van der Waals surface area contributed by atoms with Gasteiger partial charge in [0, 0.05) is 6.42 Å². The number of carbonyl (C=O) groups is 1. The van der Waals surface area contributed by atoms with E-state index in [9.17, 15) is 9.18 Å². The van der Waals surface area contributed by atoms with Crippen LogP contribution in [0.1, 0.15) is 12.0 Å². The quantitative estimate of drug-likeness (QED) is 0.435. The van der Waals surface area contributed by atoms with Crippen LogP contribution in [0.5, 0.6) is 5.75 Å². The third-order valence-electron chi connectivity index (χ3n) is 1.83. The maximum Gasteiger partial charge on any atom is 0.245 e. The largest absolute Gasteiger partial charge is 0.493 e. The summed E-state index contributed by atoms with van der Waals surface area (Å²) in [6.07, 6.45) is 3.28. The molecule has 0 bridgehead atoms. The number of hydrogen-bond donors (Lipinski definition) is 0. The lowest BCUT2D eigenvalue weighted by Crippen LogP contribution is -1.97. The number of rotatable bonds is 6. The maximum absolute atomic E-state index is 11.8. The summed E-state index contributed by atoms with van der Waals surface area (Å²) < 4.78 is 17.1. The highest BCUT2D eigenvalue weighted by atomic mass is 35.5. The Bertz CT molecular complexity index is 360.